The zero-order valence-electron chi connectivity index (χ0n) is 15.6. The van der Waals surface area contributed by atoms with E-state index in [-0.39, 0.29) is 24.4 Å². The second-order valence-corrected chi connectivity index (χ2v) is 6.88. The Kier molecular flexibility index (Phi) is 6.41. The summed E-state index contributed by atoms with van der Waals surface area (Å²) in [5.74, 6) is -1.67. The molecule has 8 heteroatoms. The minimum atomic E-state index is -0.570. The van der Waals surface area contributed by atoms with E-state index in [9.17, 15) is 19.2 Å². The van der Waals surface area contributed by atoms with Crippen LogP contribution in [-0.4, -0.2) is 72.2 Å². The fraction of sp³-hybridized carbons (Fsp3) is 0.400. The van der Waals surface area contributed by atoms with Crippen LogP contribution in [0.5, 0.6) is 0 Å². The number of carbonyl (C=O) groups excluding carboxylic acids is 4. The molecule has 1 heterocycles. The molecule has 1 saturated carbocycles. The van der Waals surface area contributed by atoms with Gasteiger partial charge in [0.15, 0.2) is 0 Å². The molecule has 0 aromatic heterocycles. The van der Waals surface area contributed by atoms with Gasteiger partial charge in [0.1, 0.15) is 0 Å². The van der Waals surface area contributed by atoms with Crippen molar-refractivity contribution < 1.29 is 19.2 Å². The number of hydrogen-bond donors (Lipinski definition) is 2. The van der Waals surface area contributed by atoms with Crippen LogP contribution < -0.4 is 10.6 Å². The second-order valence-electron chi connectivity index (χ2n) is 6.88. The van der Waals surface area contributed by atoms with Crippen LogP contribution in [-0.2, 0) is 19.2 Å². The molecule has 1 aliphatic carbocycles. The number of amides is 4. The minimum Gasteiger partial charge on any atom is -0.345 e. The van der Waals surface area contributed by atoms with Gasteiger partial charge < -0.3 is 20.4 Å². The summed E-state index contributed by atoms with van der Waals surface area (Å²) >= 11 is 0. The highest BCUT2D eigenvalue weighted by atomic mass is 16.2. The van der Waals surface area contributed by atoms with E-state index in [0.717, 1.165) is 18.4 Å². The summed E-state index contributed by atoms with van der Waals surface area (Å²) in [6, 6.07) is 9.53. The van der Waals surface area contributed by atoms with E-state index in [1.54, 1.807) is 11.0 Å². The Labute approximate surface area is 163 Å². The van der Waals surface area contributed by atoms with Gasteiger partial charge in [-0.2, -0.15) is 0 Å². The highest BCUT2D eigenvalue weighted by molar-refractivity contribution is 6.35. The summed E-state index contributed by atoms with van der Waals surface area (Å²) in [6.45, 7) is 1.21. The highest BCUT2D eigenvalue weighted by Crippen LogP contribution is 2.18. The Morgan fingerprint density at radius 1 is 0.964 bits per heavy atom. The van der Waals surface area contributed by atoms with E-state index in [2.05, 4.69) is 10.6 Å². The largest absolute Gasteiger partial charge is 0.345 e. The molecule has 0 atom stereocenters. The van der Waals surface area contributed by atoms with Crippen LogP contribution in [0.1, 0.15) is 18.4 Å². The van der Waals surface area contributed by atoms with Crippen LogP contribution in [0.15, 0.2) is 36.4 Å². The first-order valence-electron chi connectivity index (χ1n) is 9.41. The van der Waals surface area contributed by atoms with E-state index in [1.807, 2.05) is 30.3 Å². The number of nitrogens with zero attached hydrogens (tertiary/aromatic N) is 2. The molecule has 1 aromatic rings. The Bertz CT molecular complexity index is 766. The van der Waals surface area contributed by atoms with E-state index in [4.69, 9.17) is 0 Å². The fourth-order valence-electron chi connectivity index (χ4n) is 2.85. The van der Waals surface area contributed by atoms with Crippen LogP contribution >= 0.6 is 0 Å². The van der Waals surface area contributed by atoms with Gasteiger partial charge in [0.2, 0.25) is 11.8 Å². The lowest BCUT2D eigenvalue weighted by Gasteiger charge is -2.34. The normalized spacial score (nSPS) is 16.7. The van der Waals surface area contributed by atoms with Crippen LogP contribution in [0, 0.1) is 0 Å². The van der Waals surface area contributed by atoms with E-state index < -0.39 is 11.8 Å². The molecule has 4 amide bonds. The van der Waals surface area contributed by atoms with Crippen molar-refractivity contribution in [2.45, 2.75) is 18.9 Å². The van der Waals surface area contributed by atoms with Crippen LogP contribution in [0.4, 0.5) is 0 Å². The first-order valence-corrected chi connectivity index (χ1v) is 9.41. The average Bonchev–Trinajstić information content (AvgIpc) is 3.54. The van der Waals surface area contributed by atoms with Crippen LogP contribution in [0.3, 0.4) is 0 Å². The van der Waals surface area contributed by atoms with Crippen molar-refractivity contribution in [1.82, 2.24) is 20.4 Å². The molecule has 8 nitrogen and oxygen atoms in total. The number of nitrogens with one attached hydrogen (secondary N) is 2. The number of carbonyl (C=O) groups is 4. The molecule has 0 bridgehead atoms. The standard InChI is InChI=1S/C20H24N4O4/c25-17(9-6-15-4-2-1-3-5-15)21-14-18(26)23-10-12-24(13-11-23)20(28)19(27)22-16-7-8-16/h1-6,9,16H,7-8,10-14H2,(H,21,25)(H,22,27)/b9-6+. The van der Waals surface area contributed by atoms with E-state index >= 15 is 0 Å². The molecule has 0 radical (unpaired) electrons. The predicted octanol–water partition coefficient (Wildman–Crippen LogP) is -0.235. The lowest BCUT2D eigenvalue weighted by atomic mass is 10.2. The molecule has 0 spiro atoms. The number of rotatable bonds is 5. The van der Waals surface area contributed by atoms with Gasteiger partial charge in [-0.1, -0.05) is 30.3 Å². The van der Waals surface area contributed by atoms with Crippen molar-refractivity contribution in [2.75, 3.05) is 32.7 Å². The van der Waals surface area contributed by atoms with Gasteiger partial charge in [-0.25, -0.2) is 0 Å². The third-order valence-corrected chi connectivity index (χ3v) is 4.67. The van der Waals surface area contributed by atoms with Crippen molar-refractivity contribution in [2.24, 2.45) is 0 Å². The van der Waals surface area contributed by atoms with Crippen LogP contribution in [0.2, 0.25) is 0 Å². The van der Waals surface area contributed by atoms with Gasteiger partial charge in [0, 0.05) is 38.3 Å². The predicted molar refractivity (Wildman–Crippen MR) is 103 cm³/mol. The van der Waals surface area contributed by atoms with Crippen molar-refractivity contribution >= 4 is 29.7 Å². The highest BCUT2D eigenvalue weighted by Gasteiger charge is 2.31. The molecule has 3 rings (SSSR count). The van der Waals surface area contributed by atoms with Gasteiger partial charge in [0.05, 0.1) is 6.54 Å². The summed E-state index contributed by atoms with van der Waals surface area (Å²) in [6.07, 6.45) is 4.91. The van der Waals surface area contributed by atoms with Crippen molar-refractivity contribution in [3.05, 3.63) is 42.0 Å². The summed E-state index contributed by atoms with van der Waals surface area (Å²) in [4.78, 5) is 51.0. The van der Waals surface area contributed by atoms with Gasteiger partial charge in [-0.15, -0.1) is 0 Å². The molecule has 1 aromatic carbocycles. The van der Waals surface area contributed by atoms with Gasteiger partial charge in [0.25, 0.3) is 0 Å². The summed E-state index contributed by atoms with van der Waals surface area (Å²) in [7, 11) is 0. The molecule has 2 aliphatic rings. The molecule has 2 N–H and O–H groups in total. The first-order chi connectivity index (χ1) is 13.5. The van der Waals surface area contributed by atoms with Gasteiger partial charge >= 0.3 is 11.8 Å². The Hall–Kier alpha value is -3.16. The maximum Gasteiger partial charge on any atom is 0.312 e. The van der Waals surface area contributed by atoms with Crippen molar-refractivity contribution in [3.63, 3.8) is 0 Å². The van der Waals surface area contributed by atoms with Gasteiger partial charge in [-0.3, -0.25) is 19.2 Å². The zero-order valence-corrected chi connectivity index (χ0v) is 15.6. The number of hydrogen-bond acceptors (Lipinski definition) is 4. The molecule has 1 saturated heterocycles. The van der Waals surface area contributed by atoms with Crippen molar-refractivity contribution in [1.29, 1.82) is 0 Å². The molecular formula is C20H24N4O4. The third kappa shape index (κ3) is 5.67. The summed E-state index contributed by atoms with van der Waals surface area (Å²) in [5, 5.41) is 5.25. The summed E-state index contributed by atoms with van der Waals surface area (Å²) in [5.41, 5.74) is 0.899. The quantitative estimate of drug-likeness (QED) is 0.541. The lowest BCUT2D eigenvalue weighted by Crippen LogP contribution is -2.55. The molecule has 0 unspecified atom stereocenters. The molecule has 28 heavy (non-hydrogen) atoms. The molecular weight excluding hydrogens is 360 g/mol. The maximum atomic E-state index is 12.2. The topological polar surface area (TPSA) is 98.8 Å². The Morgan fingerprint density at radius 2 is 1.61 bits per heavy atom. The maximum absolute atomic E-state index is 12.2. The molecule has 2 fully saturated rings. The Balaban J connectivity index is 1.37. The van der Waals surface area contributed by atoms with E-state index in [1.165, 1.54) is 11.0 Å². The Morgan fingerprint density at radius 3 is 2.25 bits per heavy atom. The average molecular weight is 384 g/mol. The van der Waals surface area contributed by atoms with Crippen molar-refractivity contribution in [3.8, 4) is 0 Å². The van der Waals surface area contributed by atoms with E-state index in [0.29, 0.717) is 26.2 Å². The molecule has 148 valence electrons. The SMILES string of the molecule is O=C(/C=C/c1ccccc1)NCC(=O)N1CCN(C(=O)C(=O)NC2CC2)CC1. The second kappa shape index (κ2) is 9.16. The molecule has 1 aliphatic heterocycles. The third-order valence-electron chi connectivity index (χ3n) is 4.67. The van der Waals surface area contributed by atoms with Crippen LogP contribution in [0.25, 0.3) is 6.08 Å². The number of benzene rings is 1. The minimum absolute atomic E-state index is 0.103. The smallest absolute Gasteiger partial charge is 0.312 e. The van der Waals surface area contributed by atoms with Gasteiger partial charge in [-0.05, 0) is 24.5 Å². The summed E-state index contributed by atoms with van der Waals surface area (Å²) < 4.78 is 0. The fourth-order valence-corrected chi connectivity index (χ4v) is 2.85. The monoisotopic (exact) mass is 384 g/mol. The lowest BCUT2D eigenvalue weighted by molar-refractivity contribution is -0.148. The zero-order chi connectivity index (χ0) is 19.9. The first kappa shape index (κ1) is 19.6. The number of piperazine rings is 1.